The first-order valence-electron chi connectivity index (χ1n) is 6.51. The lowest BCUT2D eigenvalue weighted by Crippen LogP contribution is -2.11. The lowest BCUT2D eigenvalue weighted by Gasteiger charge is -2.11. The van der Waals surface area contributed by atoms with E-state index in [2.05, 4.69) is 43.2 Å². The van der Waals surface area contributed by atoms with Gasteiger partial charge in [0.05, 0.1) is 0 Å². The number of benzene rings is 1. The molecule has 0 spiro atoms. The van der Waals surface area contributed by atoms with E-state index in [1.54, 1.807) is 0 Å². The number of hydrogen-bond donors (Lipinski definition) is 2. The molecule has 2 N–H and O–H groups in total. The van der Waals surface area contributed by atoms with Crippen LogP contribution in [0.1, 0.15) is 43.7 Å². The summed E-state index contributed by atoms with van der Waals surface area (Å²) in [6, 6.07) is 6.35. The van der Waals surface area contributed by atoms with Crippen LogP contribution in [0.5, 0.6) is 0 Å². The fourth-order valence-electron chi connectivity index (χ4n) is 2.74. The summed E-state index contributed by atoms with van der Waals surface area (Å²) in [6.45, 7) is 7.40. The van der Waals surface area contributed by atoms with Crippen LogP contribution in [0, 0.1) is 0 Å². The van der Waals surface area contributed by atoms with Gasteiger partial charge in [0.2, 0.25) is 0 Å². The fraction of sp³-hybridized carbons (Fsp3) is 0.400. The summed E-state index contributed by atoms with van der Waals surface area (Å²) in [7, 11) is 0. The van der Waals surface area contributed by atoms with Gasteiger partial charge in [0.1, 0.15) is 5.69 Å². The van der Waals surface area contributed by atoms with Crippen LogP contribution in [0.2, 0.25) is 0 Å². The Bertz CT molecular complexity index is 670. The van der Waals surface area contributed by atoms with Crippen molar-refractivity contribution < 1.29 is 0 Å². The second kappa shape index (κ2) is 3.87. The summed E-state index contributed by atoms with van der Waals surface area (Å²) >= 11 is 0. The molecule has 0 saturated heterocycles. The number of pyridine rings is 1. The van der Waals surface area contributed by atoms with E-state index in [0.29, 0.717) is 11.8 Å². The fourth-order valence-corrected chi connectivity index (χ4v) is 2.74. The molecule has 94 valence electrons. The minimum atomic E-state index is -0.000790. The summed E-state index contributed by atoms with van der Waals surface area (Å²) in [5.41, 5.74) is 4.20. The van der Waals surface area contributed by atoms with Crippen molar-refractivity contribution in [1.82, 2.24) is 4.98 Å². The van der Waals surface area contributed by atoms with E-state index in [0.717, 1.165) is 17.7 Å². The zero-order valence-corrected chi connectivity index (χ0v) is 11.0. The molecule has 3 rings (SSSR count). The topological polar surface area (TPSA) is 44.9 Å². The Kier molecular flexibility index (Phi) is 2.44. The number of aromatic amines is 1. The lowest BCUT2D eigenvalue weighted by atomic mass is 9.95. The zero-order valence-electron chi connectivity index (χ0n) is 11.0. The highest BCUT2D eigenvalue weighted by Crippen LogP contribution is 2.34. The Morgan fingerprint density at radius 1 is 1.33 bits per heavy atom. The second-order valence-corrected chi connectivity index (χ2v) is 5.48. The van der Waals surface area contributed by atoms with Crippen LogP contribution in [0.25, 0.3) is 10.9 Å². The van der Waals surface area contributed by atoms with Gasteiger partial charge >= 0.3 is 0 Å². The van der Waals surface area contributed by atoms with Crippen LogP contribution in [0.15, 0.2) is 23.0 Å². The van der Waals surface area contributed by atoms with Crippen molar-refractivity contribution in [2.24, 2.45) is 0 Å². The van der Waals surface area contributed by atoms with Crippen molar-refractivity contribution in [3.63, 3.8) is 0 Å². The lowest BCUT2D eigenvalue weighted by molar-refractivity contribution is 0.855. The summed E-state index contributed by atoms with van der Waals surface area (Å²) in [6.07, 6.45) is 0. The predicted octanol–water partition coefficient (Wildman–Crippen LogP) is 3.18. The van der Waals surface area contributed by atoms with Gasteiger partial charge in [-0.15, -0.1) is 0 Å². The number of aromatic nitrogens is 1. The molecular weight excluding hydrogens is 224 g/mol. The third-order valence-corrected chi connectivity index (χ3v) is 3.82. The predicted molar refractivity (Wildman–Crippen MR) is 75.6 cm³/mol. The monoisotopic (exact) mass is 242 g/mol. The van der Waals surface area contributed by atoms with E-state index >= 15 is 0 Å². The Morgan fingerprint density at radius 3 is 2.83 bits per heavy atom. The standard InChI is InChI=1S/C15H18N2O/c1-8(2)10-4-5-12-11(6-10)13-9(3)7-16-14(13)15(18)17-12/h4-6,8-9,16H,7H2,1-3H3,(H,17,18). The molecule has 1 aliphatic heterocycles. The number of hydrogen-bond acceptors (Lipinski definition) is 2. The van der Waals surface area contributed by atoms with Crippen LogP contribution in [-0.4, -0.2) is 11.5 Å². The zero-order chi connectivity index (χ0) is 12.9. The van der Waals surface area contributed by atoms with Gasteiger partial charge in [-0.1, -0.05) is 26.8 Å². The van der Waals surface area contributed by atoms with Gasteiger partial charge in [0, 0.05) is 23.4 Å². The van der Waals surface area contributed by atoms with E-state index in [9.17, 15) is 4.79 Å². The van der Waals surface area contributed by atoms with Crippen molar-refractivity contribution in [3.8, 4) is 0 Å². The molecule has 1 aromatic carbocycles. The average Bonchev–Trinajstić information content (AvgIpc) is 2.72. The number of anilines is 1. The minimum Gasteiger partial charge on any atom is -0.380 e. The van der Waals surface area contributed by atoms with E-state index < -0.39 is 0 Å². The van der Waals surface area contributed by atoms with E-state index in [1.165, 1.54) is 16.5 Å². The van der Waals surface area contributed by atoms with E-state index in [1.807, 2.05) is 6.07 Å². The molecule has 0 fully saturated rings. The SMILES string of the molecule is CC(C)c1ccc2[nH]c(=O)c3c(c2c1)C(C)CN3. The van der Waals surface area contributed by atoms with Gasteiger partial charge in [-0.25, -0.2) is 0 Å². The summed E-state index contributed by atoms with van der Waals surface area (Å²) in [4.78, 5) is 14.9. The first kappa shape index (κ1) is 11.3. The third kappa shape index (κ3) is 1.54. The Hall–Kier alpha value is -1.77. The maximum Gasteiger partial charge on any atom is 0.272 e. The van der Waals surface area contributed by atoms with Crippen LogP contribution >= 0.6 is 0 Å². The highest BCUT2D eigenvalue weighted by atomic mass is 16.1. The summed E-state index contributed by atoms with van der Waals surface area (Å²) < 4.78 is 0. The molecule has 0 radical (unpaired) electrons. The molecule has 3 nitrogen and oxygen atoms in total. The first-order valence-corrected chi connectivity index (χ1v) is 6.51. The molecule has 0 bridgehead atoms. The van der Waals surface area contributed by atoms with Gasteiger partial charge in [0.15, 0.2) is 0 Å². The van der Waals surface area contributed by atoms with Crippen molar-refractivity contribution in [2.45, 2.75) is 32.6 Å². The number of rotatable bonds is 1. The molecule has 2 aromatic rings. The highest BCUT2D eigenvalue weighted by molar-refractivity contribution is 5.89. The minimum absolute atomic E-state index is 0.000790. The van der Waals surface area contributed by atoms with Crippen LogP contribution in [0.4, 0.5) is 5.69 Å². The van der Waals surface area contributed by atoms with Gasteiger partial charge in [-0.2, -0.15) is 0 Å². The highest BCUT2D eigenvalue weighted by Gasteiger charge is 2.24. The van der Waals surface area contributed by atoms with E-state index in [-0.39, 0.29) is 5.56 Å². The normalized spacial score (nSPS) is 18.1. The Labute approximate surface area is 106 Å². The molecule has 3 heteroatoms. The quantitative estimate of drug-likeness (QED) is 0.806. The number of nitrogens with one attached hydrogen (secondary N) is 2. The van der Waals surface area contributed by atoms with Gasteiger partial charge in [-0.3, -0.25) is 4.79 Å². The molecule has 0 amide bonds. The summed E-state index contributed by atoms with van der Waals surface area (Å²) in [5.74, 6) is 0.897. The second-order valence-electron chi connectivity index (χ2n) is 5.48. The van der Waals surface area contributed by atoms with Crippen LogP contribution < -0.4 is 10.9 Å². The van der Waals surface area contributed by atoms with Crippen LogP contribution in [-0.2, 0) is 0 Å². The molecule has 1 atom stereocenters. The molecule has 1 unspecified atom stereocenters. The van der Waals surface area contributed by atoms with Gasteiger partial charge in [0.25, 0.3) is 5.56 Å². The van der Waals surface area contributed by atoms with Crippen molar-refractivity contribution in [1.29, 1.82) is 0 Å². The van der Waals surface area contributed by atoms with Gasteiger partial charge < -0.3 is 10.3 Å². The molecule has 18 heavy (non-hydrogen) atoms. The maximum absolute atomic E-state index is 12.0. The average molecular weight is 242 g/mol. The summed E-state index contributed by atoms with van der Waals surface area (Å²) in [5, 5.41) is 4.40. The van der Waals surface area contributed by atoms with Crippen LogP contribution in [0.3, 0.4) is 0 Å². The molecule has 1 aliphatic rings. The Morgan fingerprint density at radius 2 is 2.11 bits per heavy atom. The molecule has 1 aromatic heterocycles. The van der Waals surface area contributed by atoms with Crippen molar-refractivity contribution in [2.75, 3.05) is 11.9 Å². The maximum atomic E-state index is 12.0. The van der Waals surface area contributed by atoms with Crippen molar-refractivity contribution in [3.05, 3.63) is 39.7 Å². The third-order valence-electron chi connectivity index (χ3n) is 3.82. The van der Waals surface area contributed by atoms with Crippen molar-refractivity contribution >= 4 is 16.6 Å². The largest absolute Gasteiger partial charge is 0.380 e. The molecule has 0 aliphatic carbocycles. The van der Waals surface area contributed by atoms with E-state index in [4.69, 9.17) is 0 Å². The number of H-pyrrole nitrogens is 1. The number of fused-ring (bicyclic) bond motifs is 3. The molecular formula is C15H18N2O. The smallest absolute Gasteiger partial charge is 0.272 e. The first-order chi connectivity index (χ1) is 8.58. The Balaban J connectivity index is 2.38. The molecule has 2 heterocycles. The molecule has 0 saturated carbocycles. The van der Waals surface area contributed by atoms with Gasteiger partial charge in [-0.05, 0) is 29.2 Å².